The number of rotatable bonds is 6. The molecule has 1 aliphatic heterocycles. The first kappa shape index (κ1) is 23.5. The number of ether oxygens (including phenoxy) is 1. The van der Waals surface area contributed by atoms with Crippen molar-refractivity contribution in [3.63, 3.8) is 0 Å². The first-order chi connectivity index (χ1) is 15.8. The second-order valence-corrected chi connectivity index (χ2v) is 10.2. The number of piperidine rings is 1. The summed E-state index contributed by atoms with van der Waals surface area (Å²) in [7, 11) is -2.24. The quantitative estimate of drug-likeness (QED) is 0.530. The number of halogens is 2. The zero-order chi connectivity index (χ0) is 23.6. The fourth-order valence-corrected chi connectivity index (χ4v) is 5.54. The lowest BCUT2D eigenvalue weighted by Gasteiger charge is -2.30. The summed E-state index contributed by atoms with van der Waals surface area (Å²) in [6.45, 7) is 0.377. The molecular formula is C21H20Cl2N4O5S. The van der Waals surface area contributed by atoms with Crippen molar-refractivity contribution in [3.8, 4) is 17.2 Å². The predicted octanol–water partition coefficient (Wildman–Crippen LogP) is 4.09. The Morgan fingerprint density at radius 1 is 1.18 bits per heavy atom. The van der Waals surface area contributed by atoms with Gasteiger partial charge in [-0.3, -0.25) is 10.1 Å². The minimum absolute atomic E-state index is 0.0458. The molecule has 174 valence electrons. The number of amides is 1. The van der Waals surface area contributed by atoms with Crippen molar-refractivity contribution < 1.29 is 22.4 Å². The van der Waals surface area contributed by atoms with Crippen LogP contribution in [0.25, 0.3) is 11.5 Å². The van der Waals surface area contributed by atoms with Gasteiger partial charge in [0, 0.05) is 18.1 Å². The number of nitrogens with one attached hydrogen (secondary N) is 1. The molecule has 1 aliphatic rings. The van der Waals surface area contributed by atoms with Crippen LogP contribution in [-0.4, -0.2) is 49.0 Å². The van der Waals surface area contributed by atoms with Gasteiger partial charge in [0.15, 0.2) is 0 Å². The lowest BCUT2D eigenvalue weighted by molar-refractivity contribution is -0.121. The van der Waals surface area contributed by atoms with Crippen molar-refractivity contribution in [2.75, 3.05) is 25.5 Å². The van der Waals surface area contributed by atoms with Crippen molar-refractivity contribution >= 4 is 45.1 Å². The van der Waals surface area contributed by atoms with Crippen LogP contribution in [0.15, 0.2) is 51.8 Å². The lowest BCUT2D eigenvalue weighted by Crippen LogP contribution is -2.43. The Balaban J connectivity index is 1.44. The van der Waals surface area contributed by atoms with Crippen LogP contribution in [-0.2, 0) is 14.8 Å². The number of carbonyl (C=O) groups excluding carboxylic acids is 1. The smallest absolute Gasteiger partial charge is 0.322 e. The van der Waals surface area contributed by atoms with E-state index >= 15 is 0 Å². The first-order valence-electron chi connectivity index (χ1n) is 10.0. The average Bonchev–Trinajstić information content (AvgIpc) is 3.27. The largest absolute Gasteiger partial charge is 0.497 e. The van der Waals surface area contributed by atoms with E-state index in [1.807, 2.05) is 0 Å². The van der Waals surface area contributed by atoms with Crippen molar-refractivity contribution in [2.45, 2.75) is 17.7 Å². The minimum Gasteiger partial charge on any atom is -0.497 e. The summed E-state index contributed by atoms with van der Waals surface area (Å²) in [5.74, 6) is -0.286. The fraction of sp³-hybridized carbons (Fsp3) is 0.286. The minimum atomic E-state index is -3.75. The molecule has 1 N–H and O–H groups in total. The van der Waals surface area contributed by atoms with Crippen LogP contribution in [0.3, 0.4) is 0 Å². The molecule has 0 saturated carbocycles. The maximum atomic E-state index is 13.0. The zero-order valence-corrected chi connectivity index (χ0v) is 19.8. The van der Waals surface area contributed by atoms with Crippen LogP contribution >= 0.6 is 23.2 Å². The Labute approximate surface area is 200 Å². The molecule has 1 aromatic heterocycles. The van der Waals surface area contributed by atoms with E-state index in [4.69, 9.17) is 32.4 Å². The topological polar surface area (TPSA) is 115 Å². The fourth-order valence-electron chi connectivity index (χ4n) is 3.52. The number of sulfonamides is 1. The van der Waals surface area contributed by atoms with Gasteiger partial charge >= 0.3 is 6.01 Å². The third-order valence-electron chi connectivity index (χ3n) is 5.27. The average molecular weight is 511 g/mol. The van der Waals surface area contributed by atoms with Gasteiger partial charge in [0.1, 0.15) is 5.75 Å². The highest BCUT2D eigenvalue weighted by atomic mass is 35.5. The van der Waals surface area contributed by atoms with Gasteiger partial charge in [0.05, 0.1) is 28.5 Å². The molecule has 9 nitrogen and oxygen atoms in total. The summed E-state index contributed by atoms with van der Waals surface area (Å²) in [6.07, 6.45) is 1.08. The normalized spacial score (nSPS) is 17.0. The van der Waals surface area contributed by atoms with Crippen molar-refractivity contribution in [1.29, 1.82) is 0 Å². The van der Waals surface area contributed by atoms with E-state index in [2.05, 4.69) is 15.5 Å². The number of carbonyl (C=O) groups is 1. The van der Waals surface area contributed by atoms with Crippen LogP contribution < -0.4 is 10.1 Å². The van der Waals surface area contributed by atoms with Crippen LogP contribution in [0, 0.1) is 5.92 Å². The van der Waals surface area contributed by atoms with Crippen LogP contribution in [0.4, 0.5) is 6.01 Å². The Hall–Kier alpha value is -2.66. The number of nitrogens with zero attached hydrogens (tertiary/aromatic N) is 3. The monoisotopic (exact) mass is 510 g/mol. The molecule has 1 atom stereocenters. The van der Waals surface area contributed by atoms with E-state index in [0.29, 0.717) is 40.7 Å². The van der Waals surface area contributed by atoms with E-state index in [1.165, 1.54) is 23.5 Å². The summed E-state index contributed by atoms with van der Waals surface area (Å²) < 4.78 is 37.9. The van der Waals surface area contributed by atoms with E-state index in [9.17, 15) is 13.2 Å². The maximum absolute atomic E-state index is 13.0. The molecule has 0 radical (unpaired) electrons. The van der Waals surface area contributed by atoms with Gasteiger partial charge in [-0.1, -0.05) is 28.3 Å². The van der Waals surface area contributed by atoms with Crippen molar-refractivity contribution in [3.05, 3.63) is 52.5 Å². The molecule has 0 spiro atoms. The number of benzene rings is 2. The highest BCUT2D eigenvalue weighted by Gasteiger charge is 2.34. The van der Waals surface area contributed by atoms with Crippen molar-refractivity contribution in [1.82, 2.24) is 14.5 Å². The SMILES string of the molecule is COc1ccc(S(=O)(=O)N2CCCC(C(=O)Nc3nnc(-c4ccc(Cl)cc4Cl)o3)C2)cc1. The Morgan fingerprint density at radius 2 is 1.94 bits per heavy atom. The van der Waals surface area contributed by atoms with Gasteiger partial charge in [-0.15, -0.1) is 5.10 Å². The Kier molecular flexibility index (Phi) is 6.89. The van der Waals surface area contributed by atoms with Gasteiger partial charge in [0.2, 0.25) is 15.9 Å². The molecule has 0 bridgehead atoms. The van der Waals surface area contributed by atoms with Crippen LogP contribution in [0.1, 0.15) is 12.8 Å². The van der Waals surface area contributed by atoms with E-state index < -0.39 is 21.8 Å². The maximum Gasteiger partial charge on any atom is 0.322 e. The van der Waals surface area contributed by atoms with E-state index in [-0.39, 0.29) is 23.3 Å². The molecule has 3 aromatic rings. The zero-order valence-electron chi connectivity index (χ0n) is 17.5. The van der Waals surface area contributed by atoms with Gasteiger partial charge < -0.3 is 9.15 Å². The van der Waals surface area contributed by atoms with Gasteiger partial charge in [0.25, 0.3) is 5.89 Å². The summed E-state index contributed by atoms with van der Waals surface area (Å²) >= 11 is 12.1. The third-order valence-corrected chi connectivity index (χ3v) is 7.70. The second kappa shape index (κ2) is 9.68. The van der Waals surface area contributed by atoms with Gasteiger partial charge in [-0.05, 0) is 55.3 Å². The summed E-state index contributed by atoms with van der Waals surface area (Å²) in [4.78, 5) is 12.9. The summed E-state index contributed by atoms with van der Waals surface area (Å²) in [5, 5.41) is 11.1. The molecule has 1 fully saturated rings. The van der Waals surface area contributed by atoms with Gasteiger partial charge in [-0.25, -0.2) is 8.42 Å². The molecule has 0 aliphatic carbocycles. The third kappa shape index (κ3) is 5.14. The molecule has 2 aromatic carbocycles. The van der Waals surface area contributed by atoms with Crippen molar-refractivity contribution in [2.24, 2.45) is 5.92 Å². The lowest BCUT2D eigenvalue weighted by atomic mass is 9.99. The Morgan fingerprint density at radius 3 is 2.64 bits per heavy atom. The molecule has 1 amide bonds. The molecule has 4 rings (SSSR count). The first-order valence-corrected chi connectivity index (χ1v) is 12.2. The Bertz CT molecular complexity index is 1260. The molecule has 2 heterocycles. The molecule has 1 unspecified atom stereocenters. The number of hydrogen-bond acceptors (Lipinski definition) is 7. The van der Waals surface area contributed by atoms with E-state index in [1.54, 1.807) is 30.3 Å². The molecular weight excluding hydrogens is 491 g/mol. The van der Waals surface area contributed by atoms with Gasteiger partial charge in [-0.2, -0.15) is 4.31 Å². The number of anilines is 1. The predicted molar refractivity (Wildman–Crippen MR) is 123 cm³/mol. The summed E-state index contributed by atoms with van der Waals surface area (Å²) in [5.41, 5.74) is 0.475. The highest BCUT2D eigenvalue weighted by molar-refractivity contribution is 7.89. The van der Waals surface area contributed by atoms with Crippen LogP contribution in [0.5, 0.6) is 5.75 Å². The standard InChI is InChI=1S/C21H20Cl2N4O5S/c1-31-15-5-7-16(8-6-15)33(29,30)27-10-2-3-13(12-27)19(28)24-21-26-25-20(32-21)17-9-4-14(22)11-18(17)23/h4-9,11,13H,2-3,10,12H2,1H3,(H,24,26,28). The number of aromatic nitrogens is 2. The van der Waals surface area contributed by atoms with E-state index in [0.717, 1.165) is 0 Å². The van der Waals surface area contributed by atoms with Crippen LogP contribution in [0.2, 0.25) is 10.0 Å². The molecule has 12 heteroatoms. The molecule has 1 saturated heterocycles. The number of methoxy groups -OCH3 is 1. The second-order valence-electron chi connectivity index (χ2n) is 7.40. The number of hydrogen-bond donors (Lipinski definition) is 1. The molecule has 33 heavy (non-hydrogen) atoms. The summed E-state index contributed by atoms with van der Waals surface area (Å²) in [6, 6.07) is 10.8. The highest BCUT2D eigenvalue weighted by Crippen LogP contribution is 2.31.